The van der Waals surface area contributed by atoms with Crippen LogP contribution in [0.3, 0.4) is 0 Å². The van der Waals surface area contributed by atoms with Gasteiger partial charge < -0.3 is 33.5 Å². The lowest BCUT2D eigenvalue weighted by Crippen LogP contribution is -2.58. The highest BCUT2D eigenvalue weighted by atomic mass is 16.6. The van der Waals surface area contributed by atoms with Gasteiger partial charge in [0.25, 0.3) is 5.91 Å². The third kappa shape index (κ3) is 10.2. The number of piperidine rings is 1. The molecule has 3 amide bonds. The second-order valence-electron chi connectivity index (χ2n) is 13.3. The van der Waals surface area contributed by atoms with Crippen LogP contribution in [0.4, 0.5) is 4.79 Å². The van der Waals surface area contributed by atoms with E-state index in [1.165, 1.54) is 0 Å². The van der Waals surface area contributed by atoms with Crippen LogP contribution in [-0.4, -0.2) is 113 Å². The van der Waals surface area contributed by atoms with Crippen molar-refractivity contribution in [2.45, 2.75) is 98.3 Å². The minimum atomic E-state index is -0.675. The molecule has 0 aliphatic carbocycles. The maximum Gasteiger partial charge on any atom is 0.410 e. The third-order valence-electron chi connectivity index (χ3n) is 7.91. The summed E-state index contributed by atoms with van der Waals surface area (Å²) < 4.78 is 18.5. The number of aromatic nitrogens is 2. The molecule has 11 nitrogen and oxygen atoms in total. The molecule has 0 aromatic carbocycles. The van der Waals surface area contributed by atoms with Crippen LogP contribution in [0.15, 0.2) is 6.20 Å². The molecule has 2 fully saturated rings. The number of ether oxygens (including phenoxy) is 3. The molecule has 0 radical (unpaired) electrons. The third-order valence-corrected chi connectivity index (χ3v) is 7.91. The molecule has 2 aliphatic heterocycles. The Morgan fingerprint density at radius 2 is 1.81 bits per heavy atom. The molecule has 0 N–H and O–H groups in total. The first-order valence-corrected chi connectivity index (χ1v) is 16.1. The molecule has 0 saturated carbocycles. The first kappa shape index (κ1) is 34.8. The van der Waals surface area contributed by atoms with Gasteiger partial charge in [0.05, 0.1) is 31.4 Å². The van der Waals surface area contributed by atoms with Crippen molar-refractivity contribution in [1.29, 1.82) is 0 Å². The van der Waals surface area contributed by atoms with Gasteiger partial charge >= 0.3 is 6.09 Å². The highest BCUT2D eigenvalue weighted by molar-refractivity contribution is 5.93. The number of nitrogens with zero attached hydrogens (tertiary/aromatic N) is 5. The standard InChI is InChI=1S/C32H55N5O6/c1-8-9-12-28-33-20-27(36(28)13-10-11-16-41-7)30(39)37(21-24(2)3)26-19-25(29(38)34-14-17-42-18-15-34)22-35(23-26)31(40)43-32(4,5)6/h20,24-26H,8-19,21-23H2,1-7H3/t25-,26+/m1/s1. The molecule has 1 aromatic rings. The number of hydrogen-bond acceptors (Lipinski definition) is 7. The van der Waals surface area contributed by atoms with Gasteiger partial charge in [-0.15, -0.1) is 0 Å². The lowest BCUT2D eigenvalue weighted by atomic mass is 9.91. The van der Waals surface area contributed by atoms with Crippen molar-refractivity contribution in [3.8, 4) is 0 Å². The van der Waals surface area contributed by atoms with Crippen molar-refractivity contribution in [3.63, 3.8) is 0 Å². The van der Waals surface area contributed by atoms with Gasteiger partial charge in [-0.25, -0.2) is 9.78 Å². The Morgan fingerprint density at radius 3 is 2.44 bits per heavy atom. The summed E-state index contributed by atoms with van der Waals surface area (Å²) in [5.74, 6) is 0.567. The van der Waals surface area contributed by atoms with Crippen molar-refractivity contribution in [2.75, 3.05) is 59.7 Å². The van der Waals surface area contributed by atoms with E-state index in [9.17, 15) is 14.4 Å². The monoisotopic (exact) mass is 605 g/mol. The first-order valence-electron chi connectivity index (χ1n) is 16.1. The molecule has 2 aliphatic rings. The maximum absolute atomic E-state index is 14.5. The van der Waals surface area contributed by atoms with Crippen LogP contribution < -0.4 is 0 Å². The molecule has 11 heteroatoms. The number of hydrogen-bond donors (Lipinski definition) is 0. The second-order valence-corrected chi connectivity index (χ2v) is 13.3. The number of amides is 3. The molecular formula is C32H55N5O6. The molecule has 43 heavy (non-hydrogen) atoms. The van der Waals surface area contributed by atoms with Crippen LogP contribution in [0, 0.1) is 11.8 Å². The lowest BCUT2D eigenvalue weighted by Gasteiger charge is -2.44. The Hall–Kier alpha value is -2.66. The van der Waals surface area contributed by atoms with Gasteiger partial charge in [-0.1, -0.05) is 27.2 Å². The minimum absolute atomic E-state index is 0.00328. The van der Waals surface area contributed by atoms with Gasteiger partial charge in [-0.05, 0) is 52.4 Å². The first-order chi connectivity index (χ1) is 20.4. The average molecular weight is 606 g/mol. The van der Waals surface area contributed by atoms with Crippen LogP contribution in [0.5, 0.6) is 0 Å². The molecular weight excluding hydrogens is 550 g/mol. The molecule has 2 saturated heterocycles. The van der Waals surface area contributed by atoms with E-state index in [1.54, 1.807) is 18.2 Å². The summed E-state index contributed by atoms with van der Waals surface area (Å²) in [6, 6.07) is -0.345. The van der Waals surface area contributed by atoms with Crippen LogP contribution in [-0.2, 0) is 32.0 Å². The SMILES string of the molecule is CCCCc1ncc(C(=O)N(CC(C)C)[C@H]2C[C@@H](C(=O)N3CCOCC3)CN(C(=O)OC(C)(C)C)C2)n1CCCCOC. The number of carbonyl (C=O) groups is 3. The fourth-order valence-corrected chi connectivity index (χ4v) is 5.82. The van der Waals surface area contributed by atoms with E-state index >= 15 is 0 Å². The quantitative estimate of drug-likeness (QED) is 0.310. The molecule has 2 atom stereocenters. The lowest BCUT2D eigenvalue weighted by molar-refractivity contribution is -0.142. The Bertz CT molecular complexity index is 1050. The average Bonchev–Trinajstić information content (AvgIpc) is 3.38. The van der Waals surface area contributed by atoms with Gasteiger partial charge in [-0.3, -0.25) is 9.59 Å². The molecule has 3 rings (SSSR count). The zero-order valence-corrected chi connectivity index (χ0v) is 27.6. The van der Waals surface area contributed by atoms with E-state index in [0.29, 0.717) is 64.7 Å². The molecule has 1 aromatic heterocycles. The summed E-state index contributed by atoms with van der Waals surface area (Å²) >= 11 is 0. The van der Waals surface area contributed by atoms with E-state index in [1.807, 2.05) is 30.6 Å². The number of methoxy groups -OCH3 is 1. The van der Waals surface area contributed by atoms with Crippen molar-refractivity contribution in [2.24, 2.45) is 11.8 Å². The maximum atomic E-state index is 14.5. The molecule has 0 spiro atoms. The summed E-state index contributed by atoms with van der Waals surface area (Å²) in [6.07, 6.45) is 6.35. The van der Waals surface area contributed by atoms with Gasteiger partial charge in [0.2, 0.25) is 5.91 Å². The number of morpholine rings is 1. The molecule has 3 heterocycles. The fraction of sp³-hybridized carbons (Fsp3) is 0.812. The van der Waals surface area contributed by atoms with E-state index in [2.05, 4.69) is 25.3 Å². The number of carbonyl (C=O) groups excluding carboxylic acids is 3. The smallest absolute Gasteiger partial charge is 0.410 e. The minimum Gasteiger partial charge on any atom is -0.444 e. The second kappa shape index (κ2) is 16.4. The Kier molecular flexibility index (Phi) is 13.3. The fourth-order valence-electron chi connectivity index (χ4n) is 5.82. The van der Waals surface area contributed by atoms with Crippen LogP contribution in [0.1, 0.15) is 90.0 Å². The van der Waals surface area contributed by atoms with Gasteiger partial charge in [-0.2, -0.15) is 0 Å². The van der Waals surface area contributed by atoms with Crippen LogP contribution in [0.25, 0.3) is 0 Å². The number of aryl methyl sites for hydroxylation is 1. The highest BCUT2D eigenvalue weighted by Gasteiger charge is 2.41. The topological polar surface area (TPSA) is 106 Å². The van der Waals surface area contributed by atoms with Gasteiger partial charge in [0, 0.05) is 59.4 Å². The number of imidazole rings is 1. The van der Waals surface area contributed by atoms with E-state index in [-0.39, 0.29) is 30.3 Å². The zero-order chi connectivity index (χ0) is 31.6. The van der Waals surface area contributed by atoms with E-state index in [4.69, 9.17) is 19.2 Å². The number of likely N-dealkylation sites (tertiary alicyclic amines) is 1. The van der Waals surface area contributed by atoms with Crippen molar-refractivity contribution < 1.29 is 28.6 Å². The summed E-state index contributed by atoms with van der Waals surface area (Å²) in [4.78, 5) is 51.6. The van der Waals surface area contributed by atoms with E-state index < -0.39 is 17.6 Å². The number of unbranched alkanes of at least 4 members (excludes halogenated alkanes) is 2. The Balaban J connectivity index is 1.94. The van der Waals surface area contributed by atoms with Crippen molar-refractivity contribution in [1.82, 2.24) is 24.3 Å². The van der Waals surface area contributed by atoms with Crippen LogP contribution in [0.2, 0.25) is 0 Å². The van der Waals surface area contributed by atoms with Gasteiger partial charge in [0.1, 0.15) is 17.1 Å². The molecule has 0 unspecified atom stereocenters. The summed E-state index contributed by atoms with van der Waals surface area (Å²) in [5, 5.41) is 0. The summed E-state index contributed by atoms with van der Waals surface area (Å²) in [7, 11) is 1.70. The number of rotatable bonds is 13. The predicted octanol–water partition coefficient (Wildman–Crippen LogP) is 4.23. The Labute approximate surface area is 258 Å². The van der Waals surface area contributed by atoms with Crippen LogP contribution >= 0.6 is 0 Å². The van der Waals surface area contributed by atoms with Crippen molar-refractivity contribution in [3.05, 3.63) is 17.7 Å². The van der Waals surface area contributed by atoms with Gasteiger partial charge in [0.15, 0.2) is 0 Å². The predicted molar refractivity (Wildman–Crippen MR) is 165 cm³/mol. The van der Waals surface area contributed by atoms with Crippen molar-refractivity contribution >= 4 is 17.9 Å². The summed E-state index contributed by atoms with van der Waals surface area (Å²) in [6.45, 7) is 16.3. The normalized spacial score (nSPS) is 19.5. The van der Waals surface area contributed by atoms with E-state index in [0.717, 1.165) is 37.9 Å². The molecule has 0 bridgehead atoms. The highest BCUT2D eigenvalue weighted by Crippen LogP contribution is 2.27. The Morgan fingerprint density at radius 1 is 1.09 bits per heavy atom. The molecule has 244 valence electrons. The largest absolute Gasteiger partial charge is 0.444 e. The zero-order valence-electron chi connectivity index (χ0n) is 27.6. The summed E-state index contributed by atoms with van der Waals surface area (Å²) in [5.41, 5.74) is -0.111.